The first-order valence-electron chi connectivity index (χ1n) is 6.05. The number of fused-ring (bicyclic) bond motifs is 1. The molecule has 0 aliphatic carbocycles. The van der Waals surface area contributed by atoms with Gasteiger partial charge in [-0.1, -0.05) is 0 Å². The van der Waals surface area contributed by atoms with Gasteiger partial charge in [0.05, 0.1) is 0 Å². The van der Waals surface area contributed by atoms with E-state index < -0.39 is 0 Å². The van der Waals surface area contributed by atoms with Gasteiger partial charge in [-0.3, -0.25) is 0 Å². The first-order chi connectivity index (χ1) is 7.43. The third kappa shape index (κ3) is 3.12. The summed E-state index contributed by atoms with van der Waals surface area (Å²) in [6.07, 6.45) is 6.10. The van der Waals surface area contributed by atoms with Gasteiger partial charge in [-0.15, -0.1) is 35.0 Å². The van der Waals surface area contributed by atoms with Gasteiger partial charge in [0, 0.05) is 19.4 Å². The second kappa shape index (κ2) is 6.57. The summed E-state index contributed by atoms with van der Waals surface area (Å²) in [5.41, 5.74) is 0. The summed E-state index contributed by atoms with van der Waals surface area (Å²) >= 11 is 0. The number of aryl methyl sites for hydroxylation is 1. The highest BCUT2D eigenvalue weighted by atomic mass is 35.5. The van der Waals surface area contributed by atoms with E-state index in [0.717, 1.165) is 25.3 Å². The molecule has 0 amide bonds. The summed E-state index contributed by atoms with van der Waals surface area (Å²) in [6, 6.07) is 0. The van der Waals surface area contributed by atoms with Crippen molar-refractivity contribution in [1.29, 1.82) is 0 Å². The van der Waals surface area contributed by atoms with Crippen LogP contribution in [0.1, 0.15) is 30.9 Å². The molecule has 17 heavy (non-hydrogen) atoms. The Kier molecular flexibility index (Phi) is 5.70. The molecule has 0 aromatic carbocycles. The number of halogens is 2. The van der Waals surface area contributed by atoms with Crippen molar-refractivity contribution in [2.24, 2.45) is 5.92 Å². The average Bonchev–Trinajstić information content (AvgIpc) is 2.85. The zero-order valence-corrected chi connectivity index (χ0v) is 11.5. The molecule has 1 aromatic rings. The van der Waals surface area contributed by atoms with Crippen molar-refractivity contribution in [3.63, 3.8) is 0 Å². The van der Waals surface area contributed by atoms with Crippen LogP contribution in [0.4, 0.5) is 0 Å². The largest absolute Gasteiger partial charge is 0.317 e. The van der Waals surface area contributed by atoms with Crippen molar-refractivity contribution >= 4 is 24.8 Å². The molecule has 3 heterocycles. The van der Waals surface area contributed by atoms with Gasteiger partial charge < -0.3 is 9.88 Å². The van der Waals surface area contributed by atoms with E-state index in [1.807, 2.05) is 0 Å². The molecular weight excluding hydrogens is 259 g/mol. The standard InChI is InChI=1S/C11H18N4.2ClH/c1-2-10-13-14-11(15(10)7-1)8-9-3-5-12-6-4-9;;/h9,12H,1-8H2;2*1H. The molecule has 4 nitrogen and oxygen atoms in total. The summed E-state index contributed by atoms with van der Waals surface area (Å²) < 4.78 is 2.34. The Morgan fingerprint density at radius 3 is 2.71 bits per heavy atom. The minimum atomic E-state index is 0. The molecule has 2 aliphatic heterocycles. The SMILES string of the molecule is C1Cc2nnc(CC3CCNCC3)n2C1.Cl.Cl. The van der Waals surface area contributed by atoms with Crippen molar-refractivity contribution < 1.29 is 0 Å². The minimum Gasteiger partial charge on any atom is -0.317 e. The first-order valence-corrected chi connectivity index (χ1v) is 6.05. The molecule has 98 valence electrons. The Morgan fingerprint density at radius 1 is 1.18 bits per heavy atom. The van der Waals surface area contributed by atoms with Gasteiger partial charge in [0.15, 0.2) is 0 Å². The zero-order chi connectivity index (χ0) is 10.1. The summed E-state index contributed by atoms with van der Waals surface area (Å²) in [5.74, 6) is 3.26. The molecule has 1 N–H and O–H groups in total. The van der Waals surface area contributed by atoms with E-state index in [2.05, 4.69) is 20.1 Å². The van der Waals surface area contributed by atoms with Crippen LogP contribution in [0.15, 0.2) is 0 Å². The van der Waals surface area contributed by atoms with E-state index >= 15 is 0 Å². The Morgan fingerprint density at radius 2 is 1.94 bits per heavy atom. The molecule has 1 fully saturated rings. The quantitative estimate of drug-likeness (QED) is 0.894. The predicted molar refractivity (Wildman–Crippen MR) is 72.1 cm³/mol. The molecule has 0 radical (unpaired) electrons. The zero-order valence-electron chi connectivity index (χ0n) is 9.89. The van der Waals surface area contributed by atoms with Crippen molar-refractivity contribution in [3.05, 3.63) is 11.6 Å². The van der Waals surface area contributed by atoms with Crippen molar-refractivity contribution in [2.45, 2.75) is 38.6 Å². The predicted octanol–water partition coefficient (Wildman–Crippen LogP) is 1.61. The Labute approximate surface area is 114 Å². The highest BCUT2D eigenvalue weighted by Crippen LogP contribution is 2.20. The van der Waals surface area contributed by atoms with Gasteiger partial charge in [0.2, 0.25) is 0 Å². The van der Waals surface area contributed by atoms with Gasteiger partial charge in [-0.2, -0.15) is 0 Å². The number of nitrogens with zero attached hydrogens (tertiary/aromatic N) is 3. The van der Waals surface area contributed by atoms with Crippen LogP contribution in [0, 0.1) is 5.92 Å². The molecule has 1 saturated heterocycles. The second-order valence-electron chi connectivity index (χ2n) is 4.69. The molecular formula is C11H20Cl2N4. The van der Waals surface area contributed by atoms with Crippen LogP contribution in [0.3, 0.4) is 0 Å². The topological polar surface area (TPSA) is 42.7 Å². The summed E-state index contributed by atoms with van der Waals surface area (Å²) in [5, 5.41) is 12.0. The number of hydrogen-bond acceptors (Lipinski definition) is 3. The Bertz CT molecular complexity index is 347. The maximum absolute atomic E-state index is 4.32. The minimum absolute atomic E-state index is 0. The van der Waals surface area contributed by atoms with E-state index in [1.165, 1.54) is 44.0 Å². The number of rotatable bonds is 2. The van der Waals surface area contributed by atoms with Gasteiger partial charge in [0.1, 0.15) is 11.6 Å². The maximum Gasteiger partial charge on any atom is 0.133 e. The third-order valence-electron chi connectivity index (χ3n) is 3.62. The molecule has 0 atom stereocenters. The second-order valence-corrected chi connectivity index (χ2v) is 4.69. The molecule has 6 heteroatoms. The van der Waals surface area contributed by atoms with Gasteiger partial charge >= 0.3 is 0 Å². The van der Waals surface area contributed by atoms with E-state index in [9.17, 15) is 0 Å². The normalized spacial score (nSPS) is 19.3. The average molecular weight is 279 g/mol. The molecule has 0 spiro atoms. The van der Waals surface area contributed by atoms with Crippen molar-refractivity contribution in [2.75, 3.05) is 13.1 Å². The van der Waals surface area contributed by atoms with Crippen LogP contribution < -0.4 is 5.32 Å². The Balaban J connectivity index is 0.000000722. The summed E-state index contributed by atoms with van der Waals surface area (Å²) in [6.45, 7) is 3.49. The van der Waals surface area contributed by atoms with Crippen LogP contribution in [0.2, 0.25) is 0 Å². The maximum atomic E-state index is 4.32. The highest BCUT2D eigenvalue weighted by Gasteiger charge is 2.21. The summed E-state index contributed by atoms with van der Waals surface area (Å²) in [4.78, 5) is 0. The van der Waals surface area contributed by atoms with Crippen molar-refractivity contribution in [3.8, 4) is 0 Å². The fourth-order valence-electron chi connectivity index (χ4n) is 2.71. The molecule has 3 rings (SSSR count). The van der Waals surface area contributed by atoms with E-state index in [4.69, 9.17) is 0 Å². The number of nitrogens with one attached hydrogen (secondary N) is 1. The molecule has 0 saturated carbocycles. The summed E-state index contributed by atoms with van der Waals surface area (Å²) in [7, 11) is 0. The molecule has 1 aromatic heterocycles. The monoisotopic (exact) mass is 278 g/mol. The lowest BCUT2D eigenvalue weighted by atomic mass is 9.94. The smallest absolute Gasteiger partial charge is 0.133 e. The highest BCUT2D eigenvalue weighted by molar-refractivity contribution is 5.85. The van der Waals surface area contributed by atoms with Crippen LogP contribution in [0.5, 0.6) is 0 Å². The molecule has 0 unspecified atom stereocenters. The lowest BCUT2D eigenvalue weighted by Crippen LogP contribution is -2.29. The van der Waals surface area contributed by atoms with Crippen molar-refractivity contribution in [1.82, 2.24) is 20.1 Å². The lowest BCUT2D eigenvalue weighted by molar-refractivity contribution is 0.363. The van der Waals surface area contributed by atoms with E-state index in [1.54, 1.807) is 0 Å². The fourth-order valence-corrected chi connectivity index (χ4v) is 2.71. The number of piperidine rings is 1. The van der Waals surface area contributed by atoms with E-state index in [0.29, 0.717) is 0 Å². The fraction of sp³-hybridized carbons (Fsp3) is 0.818. The van der Waals surface area contributed by atoms with Gasteiger partial charge in [-0.05, 0) is 38.3 Å². The van der Waals surface area contributed by atoms with Gasteiger partial charge in [0.25, 0.3) is 0 Å². The molecule has 2 aliphatic rings. The van der Waals surface area contributed by atoms with Crippen LogP contribution in [-0.4, -0.2) is 27.9 Å². The van der Waals surface area contributed by atoms with Gasteiger partial charge in [-0.25, -0.2) is 0 Å². The van der Waals surface area contributed by atoms with Crippen LogP contribution in [-0.2, 0) is 19.4 Å². The van der Waals surface area contributed by atoms with Crippen LogP contribution in [0.25, 0.3) is 0 Å². The van der Waals surface area contributed by atoms with E-state index in [-0.39, 0.29) is 24.8 Å². The van der Waals surface area contributed by atoms with Crippen LogP contribution >= 0.6 is 24.8 Å². The third-order valence-corrected chi connectivity index (χ3v) is 3.62. The first kappa shape index (κ1) is 14.7. The number of aromatic nitrogens is 3. The lowest BCUT2D eigenvalue weighted by Gasteiger charge is -2.21. The number of hydrogen-bond donors (Lipinski definition) is 1. The Hall–Kier alpha value is -0.320. The molecule has 0 bridgehead atoms.